The van der Waals surface area contributed by atoms with Gasteiger partial charge < -0.3 is 14.8 Å². The van der Waals surface area contributed by atoms with Crippen molar-refractivity contribution in [1.82, 2.24) is 5.32 Å². The maximum Gasteiger partial charge on any atom is 0.287 e. The first kappa shape index (κ1) is 13.1. The quantitative estimate of drug-likeness (QED) is 0.858. The topological polar surface area (TPSA) is 62.5 Å². The van der Waals surface area contributed by atoms with E-state index in [0.29, 0.717) is 0 Å². The molecule has 0 aliphatic carbocycles. The third-order valence-electron chi connectivity index (χ3n) is 2.75. The molecule has 0 aromatic carbocycles. The van der Waals surface area contributed by atoms with E-state index in [1.54, 1.807) is 27.7 Å². The van der Waals surface area contributed by atoms with Gasteiger partial charge in [-0.15, -0.1) is 0 Å². The second-order valence-electron chi connectivity index (χ2n) is 4.74. The SMILES string of the molecule is CC(C)(O)C(C)(C)NC(=O)c1ccc(Cl)o1. The highest BCUT2D eigenvalue weighted by Crippen LogP contribution is 2.21. The number of nitrogens with one attached hydrogen (secondary N) is 1. The van der Waals surface area contributed by atoms with Crippen molar-refractivity contribution in [2.75, 3.05) is 0 Å². The van der Waals surface area contributed by atoms with Crippen LogP contribution in [0, 0.1) is 0 Å². The summed E-state index contributed by atoms with van der Waals surface area (Å²) in [5, 5.41) is 12.7. The van der Waals surface area contributed by atoms with Crippen molar-refractivity contribution in [2.24, 2.45) is 0 Å². The summed E-state index contributed by atoms with van der Waals surface area (Å²) in [6.45, 7) is 6.72. The molecule has 5 heteroatoms. The lowest BCUT2D eigenvalue weighted by Crippen LogP contribution is -2.57. The minimum Gasteiger partial charge on any atom is -0.440 e. The van der Waals surface area contributed by atoms with Crippen LogP contribution in [0.25, 0.3) is 0 Å². The Hall–Kier alpha value is -1.00. The lowest BCUT2D eigenvalue weighted by atomic mass is 9.86. The summed E-state index contributed by atoms with van der Waals surface area (Å²) in [7, 11) is 0. The Labute approximate surface area is 99.6 Å². The van der Waals surface area contributed by atoms with Crippen molar-refractivity contribution in [3.63, 3.8) is 0 Å². The van der Waals surface area contributed by atoms with Crippen molar-refractivity contribution in [2.45, 2.75) is 38.8 Å². The van der Waals surface area contributed by atoms with Crippen LogP contribution in [0.5, 0.6) is 0 Å². The predicted octanol–water partition coefficient (Wildman–Crippen LogP) is 2.21. The summed E-state index contributed by atoms with van der Waals surface area (Å²) in [6, 6.07) is 2.98. The smallest absolute Gasteiger partial charge is 0.287 e. The second kappa shape index (κ2) is 4.11. The molecule has 1 amide bonds. The summed E-state index contributed by atoms with van der Waals surface area (Å²) in [6.07, 6.45) is 0. The lowest BCUT2D eigenvalue weighted by molar-refractivity contribution is -0.00340. The Morgan fingerprint density at radius 1 is 1.38 bits per heavy atom. The molecule has 1 aromatic heterocycles. The summed E-state index contributed by atoms with van der Waals surface area (Å²) in [5.74, 6) is -0.277. The van der Waals surface area contributed by atoms with Gasteiger partial charge in [-0.05, 0) is 51.4 Å². The van der Waals surface area contributed by atoms with Crippen molar-refractivity contribution >= 4 is 17.5 Å². The summed E-state index contributed by atoms with van der Waals surface area (Å²) < 4.78 is 4.98. The molecule has 1 rings (SSSR count). The molecule has 0 spiro atoms. The van der Waals surface area contributed by atoms with Gasteiger partial charge in [-0.3, -0.25) is 4.79 Å². The number of carbonyl (C=O) groups excluding carboxylic acids is 1. The summed E-state index contributed by atoms with van der Waals surface area (Å²) >= 11 is 5.57. The van der Waals surface area contributed by atoms with E-state index < -0.39 is 17.0 Å². The van der Waals surface area contributed by atoms with Gasteiger partial charge in [0.05, 0.1) is 11.1 Å². The van der Waals surface area contributed by atoms with E-state index >= 15 is 0 Å². The van der Waals surface area contributed by atoms with E-state index in [-0.39, 0.29) is 11.0 Å². The molecular formula is C11H16ClNO3. The third kappa shape index (κ3) is 2.77. The van der Waals surface area contributed by atoms with E-state index in [2.05, 4.69) is 5.32 Å². The molecule has 90 valence electrons. The van der Waals surface area contributed by atoms with Crippen LogP contribution in [-0.4, -0.2) is 22.2 Å². The van der Waals surface area contributed by atoms with Gasteiger partial charge >= 0.3 is 0 Å². The van der Waals surface area contributed by atoms with E-state index in [0.717, 1.165) is 0 Å². The molecular weight excluding hydrogens is 230 g/mol. The van der Waals surface area contributed by atoms with Crippen LogP contribution in [0.2, 0.25) is 5.22 Å². The Bertz CT molecular complexity index is 390. The molecule has 16 heavy (non-hydrogen) atoms. The highest BCUT2D eigenvalue weighted by molar-refractivity contribution is 6.29. The molecule has 1 heterocycles. The molecule has 0 aliphatic heterocycles. The fourth-order valence-electron chi connectivity index (χ4n) is 0.935. The maximum atomic E-state index is 11.7. The average molecular weight is 246 g/mol. The van der Waals surface area contributed by atoms with Gasteiger partial charge in [0.1, 0.15) is 0 Å². The second-order valence-corrected chi connectivity index (χ2v) is 5.11. The first-order valence-corrected chi connectivity index (χ1v) is 5.31. The maximum absolute atomic E-state index is 11.7. The van der Waals surface area contributed by atoms with Crippen LogP contribution in [0.1, 0.15) is 38.2 Å². The first-order valence-electron chi connectivity index (χ1n) is 4.94. The van der Waals surface area contributed by atoms with E-state index in [1.165, 1.54) is 12.1 Å². The fourth-order valence-corrected chi connectivity index (χ4v) is 1.08. The molecule has 0 saturated carbocycles. The summed E-state index contributed by atoms with van der Waals surface area (Å²) in [5.41, 5.74) is -1.82. The number of carbonyl (C=O) groups is 1. The van der Waals surface area contributed by atoms with Gasteiger partial charge in [0.15, 0.2) is 11.0 Å². The van der Waals surface area contributed by atoms with Crippen LogP contribution >= 0.6 is 11.6 Å². The molecule has 0 bridgehead atoms. The molecule has 0 saturated heterocycles. The third-order valence-corrected chi connectivity index (χ3v) is 2.96. The van der Waals surface area contributed by atoms with Gasteiger partial charge in [-0.25, -0.2) is 0 Å². The monoisotopic (exact) mass is 245 g/mol. The zero-order chi connectivity index (χ0) is 12.6. The standard InChI is InChI=1S/C11H16ClNO3/c1-10(2,11(3,4)15)13-9(14)7-5-6-8(12)16-7/h5-6,15H,1-4H3,(H,13,14). The number of furan rings is 1. The van der Waals surface area contributed by atoms with Crippen molar-refractivity contribution in [3.05, 3.63) is 23.1 Å². The lowest BCUT2D eigenvalue weighted by Gasteiger charge is -2.37. The molecule has 0 radical (unpaired) electrons. The van der Waals surface area contributed by atoms with E-state index in [4.69, 9.17) is 16.0 Å². The van der Waals surface area contributed by atoms with Gasteiger partial charge in [0, 0.05) is 0 Å². The predicted molar refractivity (Wildman–Crippen MR) is 61.6 cm³/mol. The molecule has 0 atom stereocenters. The number of amides is 1. The molecule has 4 nitrogen and oxygen atoms in total. The average Bonchev–Trinajstić information content (AvgIpc) is 2.48. The summed E-state index contributed by atoms with van der Waals surface area (Å²) in [4.78, 5) is 11.7. The molecule has 0 unspecified atom stereocenters. The Morgan fingerprint density at radius 3 is 2.31 bits per heavy atom. The van der Waals surface area contributed by atoms with Gasteiger partial charge in [-0.2, -0.15) is 0 Å². The van der Waals surface area contributed by atoms with Gasteiger partial charge in [0.2, 0.25) is 0 Å². The minimum atomic E-state index is -1.04. The number of aliphatic hydroxyl groups is 1. The largest absolute Gasteiger partial charge is 0.440 e. The first-order chi connectivity index (χ1) is 7.13. The van der Waals surface area contributed by atoms with Crippen LogP contribution in [0.4, 0.5) is 0 Å². The van der Waals surface area contributed by atoms with Crippen LogP contribution in [-0.2, 0) is 0 Å². The Balaban J connectivity index is 2.79. The number of hydrogen-bond donors (Lipinski definition) is 2. The van der Waals surface area contributed by atoms with Gasteiger partial charge in [-0.1, -0.05) is 0 Å². The highest BCUT2D eigenvalue weighted by atomic mass is 35.5. The van der Waals surface area contributed by atoms with Crippen LogP contribution in [0.3, 0.4) is 0 Å². The normalized spacial score (nSPS) is 12.6. The van der Waals surface area contributed by atoms with Crippen molar-refractivity contribution in [3.8, 4) is 0 Å². The van der Waals surface area contributed by atoms with E-state index in [9.17, 15) is 9.90 Å². The number of hydrogen-bond acceptors (Lipinski definition) is 3. The van der Waals surface area contributed by atoms with E-state index in [1.807, 2.05) is 0 Å². The fraction of sp³-hybridized carbons (Fsp3) is 0.545. The zero-order valence-corrected chi connectivity index (χ0v) is 10.6. The zero-order valence-electron chi connectivity index (χ0n) is 9.80. The Kier molecular flexibility index (Phi) is 3.35. The Morgan fingerprint density at radius 2 is 1.94 bits per heavy atom. The molecule has 2 N–H and O–H groups in total. The molecule has 0 fully saturated rings. The number of halogens is 1. The number of rotatable bonds is 3. The van der Waals surface area contributed by atoms with Crippen molar-refractivity contribution < 1.29 is 14.3 Å². The molecule has 0 aliphatic rings. The van der Waals surface area contributed by atoms with Crippen LogP contribution < -0.4 is 5.32 Å². The van der Waals surface area contributed by atoms with Crippen molar-refractivity contribution in [1.29, 1.82) is 0 Å². The van der Waals surface area contributed by atoms with Gasteiger partial charge in [0.25, 0.3) is 5.91 Å². The minimum absolute atomic E-state index is 0.127. The van der Waals surface area contributed by atoms with Crippen LogP contribution in [0.15, 0.2) is 16.5 Å². The highest BCUT2D eigenvalue weighted by Gasteiger charge is 2.37. The molecule has 1 aromatic rings.